The SMILES string of the molecule is Cc1ccc(C(O)c2c(C)ccc3ccccc23)cc1C. The second-order valence-electron chi connectivity index (χ2n) is 5.76. The van der Waals surface area contributed by atoms with Crippen molar-refractivity contribution in [1.29, 1.82) is 0 Å². The molecule has 3 rings (SSSR count). The quantitative estimate of drug-likeness (QED) is 0.709. The Hall–Kier alpha value is -2.12. The van der Waals surface area contributed by atoms with Crippen molar-refractivity contribution in [3.05, 3.63) is 82.4 Å². The molecule has 1 unspecified atom stereocenters. The Morgan fingerprint density at radius 1 is 0.762 bits per heavy atom. The molecule has 0 amide bonds. The van der Waals surface area contributed by atoms with Crippen molar-refractivity contribution in [1.82, 2.24) is 0 Å². The predicted octanol–water partition coefficient (Wildman–Crippen LogP) is 4.85. The maximum Gasteiger partial charge on any atom is 0.105 e. The molecule has 0 spiro atoms. The maximum atomic E-state index is 10.9. The molecule has 21 heavy (non-hydrogen) atoms. The van der Waals surface area contributed by atoms with Crippen LogP contribution in [-0.4, -0.2) is 5.11 Å². The van der Waals surface area contributed by atoms with E-state index in [9.17, 15) is 5.11 Å². The van der Waals surface area contributed by atoms with Crippen molar-refractivity contribution in [3.8, 4) is 0 Å². The van der Waals surface area contributed by atoms with Gasteiger partial charge in [-0.15, -0.1) is 0 Å². The van der Waals surface area contributed by atoms with Crippen LogP contribution in [0.2, 0.25) is 0 Å². The summed E-state index contributed by atoms with van der Waals surface area (Å²) in [5.74, 6) is 0. The van der Waals surface area contributed by atoms with E-state index >= 15 is 0 Å². The summed E-state index contributed by atoms with van der Waals surface area (Å²) in [4.78, 5) is 0. The first kappa shape index (κ1) is 13.8. The number of hydrogen-bond donors (Lipinski definition) is 1. The van der Waals surface area contributed by atoms with E-state index in [1.807, 2.05) is 18.2 Å². The first-order chi connectivity index (χ1) is 10.1. The maximum absolute atomic E-state index is 10.9. The van der Waals surface area contributed by atoms with Gasteiger partial charge in [0.05, 0.1) is 0 Å². The number of fused-ring (bicyclic) bond motifs is 1. The summed E-state index contributed by atoms with van der Waals surface area (Å²) in [7, 11) is 0. The van der Waals surface area contributed by atoms with Gasteiger partial charge in [0.15, 0.2) is 0 Å². The molecule has 0 aliphatic heterocycles. The molecule has 3 aromatic rings. The number of hydrogen-bond acceptors (Lipinski definition) is 1. The number of aryl methyl sites for hydroxylation is 3. The second-order valence-corrected chi connectivity index (χ2v) is 5.76. The van der Waals surface area contributed by atoms with Crippen LogP contribution in [0.15, 0.2) is 54.6 Å². The zero-order valence-corrected chi connectivity index (χ0v) is 12.7. The topological polar surface area (TPSA) is 20.2 Å². The van der Waals surface area contributed by atoms with E-state index in [4.69, 9.17) is 0 Å². The van der Waals surface area contributed by atoms with Gasteiger partial charge < -0.3 is 5.11 Å². The van der Waals surface area contributed by atoms with Gasteiger partial charge in [-0.3, -0.25) is 0 Å². The summed E-state index contributed by atoms with van der Waals surface area (Å²) >= 11 is 0. The zero-order chi connectivity index (χ0) is 15.0. The van der Waals surface area contributed by atoms with Gasteiger partial charge in [0, 0.05) is 0 Å². The molecule has 0 saturated heterocycles. The highest BCUT2D eigenvalue weighted by molar-refractivity contribution is 5.87. The Balaban J connectivity index is 2.19. The Morgan fingerprint density at radius 3 is 2.24 bits per heavy atom. The van der Waals surface area contributed by atoms with Gasteiger partial charge in [0.1, 0.15) is 6.10 Å². The summed E-state index contributed by atoms with van der Waals surface area (Å²) in [6.45, 7) is 6.24. The van der Waals surface area contributed by atoms with Crippen LogP contribution in [0, 0.1) is 20.8 Å². The highest BCUT2D eigenvalue weighted by Gasteiger charge is 2.16. The largest absolute Gasteiger partial charge is 0.384 e. The molecule has 3 aromatic carbocycles. The molecule has 1 heteroatoms. The number of benzene rings is 3. The fourth-order valence-corrected chi connectivity index (χ4v) is 2.87. The molecule has 1 N–H and O–H groups in total. The van der Waals surface area contributed by atoms with E-state index < -0.39 is 6.10 Å². The van der Waals surface area contributed by atoms with Crippen LogP contribution >= 0.6 is 0 Å². The van der Waals surface area contributed by atoms with Gasteiger partial charge >= 0.3 is 0 Å². The lowest BCUT2D eigenvalue weighted by Gasteiger charge is -2.18. The first-order valence-electron chi connectivity index (χ1n) is 7.31. The molecule has 0 aliphatic carbocycles. The summed E-state index contributed by atoms with van der Waals surface area (Å²) in [5.41, 5.74) is 5.55. The van der Waals surface area contributed by atoms with Gasteiger partial charge in [-0.05, 0) is 59.4 Å². The van der Waals surface area contributed by atoms with E-state index in [2.05, 4.69) is 57.2 Å². The molecule has 0 aliphatic rings. The van der Waals surface area contributed by atoms with Gasteiger partial charge in [0.2, 0.25) is 0 Å². The van der Waals surface area contributed by atoms with Crippen molar-refractivity contribution in [2.45, 2.75) is 26.9 Å². The van der Waals surface area contributed by atoms with Crippen molar-refractivity contribution in [2.75, 3.05) is 0 Å². The van der Waals surface area contributed by atoms with Gasteiger partial charge in [-0.1, -0.05) is 54.6 Å². The summed E-state index contributed by atoms with van der Waals surface area (Å²) in [6.07, 6.45) is -0.588. The zero-order valence-electron chi connectivity index (χ0n) is 12.7. The summed E-state index contributed by atoms with van der Waals surface area (Å²) in [5, 5.41) is 13.2. The summed E-state index contributed by atoms with van der Waals surface area (Å²) in [6, 6.07) is 18.6. The van der Waals surface area contributed by atoms with Crippen LogP contribution in [0.3, 0.4) is 0 Å². The third-order valence-corrected chi connectivity index (χ3v) is 4.31. The Morgan fingerprint density at radius 2 is 1.48 bits per heavy atom. The number of aliphatic hydroxyl groups is 1. The van der Waals surface area contributed by atoms with E-state index in [1.54, 1.807) is 0 Å². The molecule has 106 valence electrons. The van der Waals surface area contributed by atoms with Gasteiger partial charge in [-0.2, -0.15) is 0 Å². The number of rotatable bonds is 2. The average molecular weight is 276 g/mol. The molecule has 1 atom stereocenters. The fraction of sp³-hybridized carbons (Fsp3) is 0.200. The lowest BCUT2D eigenvalue weighted by atomic mass is 9.91. The third-order valence-electron chi connectivity index (χ3n) is 4.31. The van der Waals surface area contributed by atoms with Crippen LogP contribution in [0.25, 0.3) is 10.8 Å². The van der Waals surface area contributed by atoms with Crippen LogP contribution in [0.4, 0.5) is 0 Å². The van der Waals surface area contributed by atoms with E-state index in [1.165, 1.54) is 16.5 Å². The van der Waals surface area contributed by atoms with Crippen molar-refractivity contribution in [2.24, 2.45) is 0 Å². The Bertz CT molecular complexity index is 802. The van der Waals surface area contributed by atoms with E-state index in [0.29, 0.717) is 0 Å². The van der Waals surface area contributed by atoms with Crippen LogP contribution in [0.1, 0.15) is 33.9 Å². The first-order valence-corrected chi connectivity index (χ1v) is 7.31. The minimum Gasteiger partial charge on any atom is -0.384 e. The average Bonchev–Trinajstić information content (AvgIpc) is 2.49. The highest BCUT2D eigenvalue weighted by atomic mass is 16.3. The molecular weight excluding hydrogens is 256 g/mol. The minimum absolute atomic E-state index is 0.588. The van der Waals surface area contributed by atoms with Crippen molar-refractivity contribution >= 4 is 10.8 Å². The standard InChI is InChI=1S/C20H20O/c1-13-8-11-17(12-15(13)3)20(21)19-14(2)9-10-16-6-4-5-7-18(16)19/h4-12,20-21H,1-3H3. The summed E-state index contributed by atoms with van der Waals surface area (Å²) < 4.78 is 0. The molecule has 0 bridgehead atoms. The monoisotopic (exact) mass is 276 g/mol. The molecule has 0 heterocycles. The van der Waals surface area contributed by atoms with Crippen molar-refractivity contribution in [3.63, 3.8) is 0 Å². The Labute approximate surface area is 125 Å². The minimum atomic E-state index is -0.588. The van der Waals surface area contributed by atoms with Crippen molar-refractivity contribution < 1.29 is 5.11 Å². The molecule has 0 saturated carbocycles. The predicted molar refractivity (Wildman–Crippen MR) is 88.7 cm³/mol. The molecular formula is C20H20O. The number of aliphatic hydroxyl groups excluding tert-OH is 1. The Kier molecular flexibility index (Phi) is 3.52. The molecule has 0 aromatic heterocycles. The van der Waals surface area contributed by atoms with Crippen LogP contribution in [0.5, 0.6) is 0 Å². The van der Waals surface area contributed by atoms with Gasteiger partial charge in [-0.25, -0.2) is 0 Å². The molecule has 0 fully saturated rings. The van der Waals surface area contributed by atoms with Gasteiger partial charge in [0.25, 0.3) is 0 Å². The fourth-order valence-electron chi connectivity index (χ4n) is 2.87. The lowest BCUT2D eigenvalue weighted by Crippen LogP contribution is -2.04. The molecule has 0 radical (unpaired) electrons. The van der Waals surface area contributed by atoms with Crippen LogP contribution in [-0.2, 0) is 0 Å². The third kappa shape index (κ3) is 2.45. The second kappa shape index (κ2) is 5.34. The smallest absolute Gasteiger partial charge is 0.105 e. The highest BCUT2D eigenvalue weighted by Crippen LogP contribution is 2.32. The van der Waals surface area contributed by atoms with E-state index in [-0.39, 0.29) is 0 Å². The van der Waals surface area contributed by atoms with E-state index in [0.717, 1.165) is 22.1 Å². The molecule has 1 nitrogen and oxygen atoms in total. The van der Waals surface area contributed by atoms with Crippen LogP contribution < -0.4 is 0 Å². The normalized spacial score (nSPS) is 12.6. The lowest BCUT2D eigenvalue weighted by molar-refractivity contribution is 0.221.